The van der Waals surface area contributed by atoms with E-state index in [1.54, 1.807) is 36.4 Å². The van der Waals surface area contributed by atoms with E-state index in [0.717, 1.165) is 21.8 Å². The van der Waals surface area contributed by atoms with Gasteiger partial charge in [-0.25, -0.2) is 12.8 Å². The molecule has 0 bridgehead atoms. The molecule has 0 aliphatic carbocycles. The van der Waals surface area contributed by atoms with Crippen LogP contribution in [0.1, 0.15) is 39.2 Å². The van der Waals surface area contributed by atoms with Gasteiger partial charge >= 0.3 is 5.92 Å². The van der Waals surface area contributed by atoms with Gasteiger partial charge < -0.3 is 10.6 Å². The van der Waals surface area contributed by atoms with Crippen molar-refractivity contribution in [2.45, 2.75) is 42.1 Å². The number of rotatable bonds is 10. The third-order valence-electron chi connectivity index (χ3n) is 6.35. The van der Waals surface area contributed by atoms with E-state index in [-0.39, 0.29) is 28.3 Å². The van der Waals surface area contributed by atoms with Gasteiger partial charge in [0, 0.05) is 46.7 Å². The number of sulfonamides is 1. The van der Waals surface area contributed by atoms with Crippen molar-refractivity contribution in [2.24, 2.45) is 0 Å². The molecule has 12 heteroatoms. The lowest BCUT2D eigenvalue weighted by Gasteiger charge is -2.31. The second-order valence-corrected chi connectivity index (χ2v) is 12.8. The van der Waals surface area contributed by atoms with Gasteiger partial charge in [0.25, 0.3) is 15.9 Å². The van der Waals surface area contributed by atoms with Crippen LogP contribution in [0.2, 0.25) is 5.02 Å². The molecule has 1 aromatic heterocycles. The quantitative estimate of drug-likeness (QED) is 0.337. The van der Waals surface area contributed by atoms with Crippen LogP contribution in [0, 0.1) is 0 Å². The summed E-state index contributed by atoms with van der Waals surface area (Å²) in [5, 5.41) is 6.66. The van der Waals surface area contributed by atoms with Gasteiger partial charge in [0.1, 0.15) is 4.21 Å². The average molecular weight is 586 g/mol. The predicted octanol–water partition coefficient (Wildman–Crippen LogP) is 5.34. The molecule has 1 amide bonds. The first-order valence-electron chi connectivity index (χ1n) is 12.0. The normalized spacial score (nSPS) is 15.5. The molecule has 1 saturated heterocycles. The Kier molecular flexibility index (Phi) is 9.15. The van der Waals surface area contributed by atoms with Gasteiger partial charge in [0.15, 0.2) is 6.67 Å². The summed E-state index contributed by atoms with van der Waals surface area (Å²) in [4.78, 5) is 13.0. The molecule has 2 aromatic carbocycles. The minimum absolute atomic E-state index is 0.0791. The smallest absolute Gasteiger partial charge is 0.301 e. The number of hydrogen-bond donors (Lipinski definition) is 2. The van der Waals surface area contributed by atoms with Gasteiger partial charge in [-0.1, -0.05) is 35.9 Å². The molecule has 1 aliphatic rings. The summed E-state index contributed by atoms with van der Waals surface area (Å²) in [6, 6.07) is 15.4. The maximum atomic E-state index is 13.4. The second kappa shape index (κ2) is 12.2. The van der Waals surface area contributed by atoms with E-state index in [9.17, 15) is 26.4 Å². The highest BCUT2D eigenvalue weighted by molar-refractivity contribution is 7.91. The SMILES string of the molecule is O=C(NCc1ccc(S(=O)(=O)N2CCC(NCc3ccc(C(F)(F)CF)cc3)CC2)s1)c1ccc(Cl)cc1. The molecule has 0 radical (unpaired) electrons. The topological polar surface area (TPSA) is 78.5 Å². The number of carbonyl (C=O) groups is 1. The molecule has 0 saturated carbocycles. The second-order valence-electron chi connectivity index (χ2n) is 9.00. The molecule has 38 heavy (non-hydrogen) atoms. The van der Waals surface area contributed by atoms with E-state index in [4.69, 9.17) is 11.6 Å². The monoisotopic (exact) mass is 585 g/mol. The molecule has 6 nitrogen and oxygen atoms in total. The average Bonchev–Trinajstić information content (AvgIpc) is 3.41. The summed E-state index contributed by atoms with van der Waals surface area (Å²) in [5.74, 6) is -3.76. The lowest BCUT2D eigenvalue weighted by Crippen LogP contribution is -2.44. The molecule has 1 fully saturated rings. The lowest BCUT2D eigenvalue weighted by atomic mass is 10.0. The summed E-state index contributed by atoms with van der Waals surface area (Å²) in [6.45, 7) is -0.390. The van der Waals surface area contributed by atoms with Crippen molar-refractivity contribution in [3.8, 4) is 0 Å². The maximum Gasteiger partial charge on any atom is 0.301 e. The van der Waals surface area contributed by atoms with Crippen LogP contribution >= 0.6 is 22.9 Å². The number of hydrogen-bond acceptors (Lipinski definition) is 5. The zero-order valence-electron chi connectivity index (χ0n) is 20.3. The number of thiophene rings is 1. The van der Waals surface area contributed by atoms with E-state index in [0.29, 0.717) is 43.1 Å². The zero-order chi connectivity index (χ0) is 27.3. The largest absolute Gasteiger partial charge is 0.347 e. The van der Waals surface area contributed by atoms with Crippen LogP contribution in [0.5, 0.6) is 0 Å². The van der Waals surface area contributed by atoms with Crippen LogP contribution < -0.4 is 10.6 Å². The number of halogens is 4. The summed E-state index contributed by atoms with van der Waals surface area (Å²) in [7, 11) is -3.65. The summed E-state index contributed by atoms with van der Waals surface area (Å²) < 4.78 is 67.3. The van der Waals surface area contributed by atoms with E-state index in [2.05, 4.69) is 10.6 Å². The van der Waals surface area contributed by atoms with E-state index in [1.165, 1.54) is 28.6 Å². The Labute approximate surface area is 228 Å². The fourth-order valence-corrected chi connectivity index (χ4v) is 7.14. The van der Waals surface area contributed by atoms with Gasteiger partial charge in [-0.15, -0.1) is 11.3 Å². The molecule has 1 aliphatic heterocycles. The summed E-state index contributed by atoms with van der Waals surface area (Å²) >= 11 is 6.97. The van der Waals surface area contributed by atoms with Crippen molar-refractivity contribution in [1.82, 2.24) is 14.9 Å². The van der Waals surface area contributed by atoms with Crippen LogP contribution in [-0.4, -0.2) is 44.4 Å². The zero-order valence-corrected chi connectivity index (χ0v) is 22.7. The number of amides is 1. The van der Waals surface area contributed by atoms with Crippen LogP contribution in [-0.2, 0) is 29.0 Å². The summed E-state index contributed by atoms with van der Waals surface area (Å²) in [6.07, 6.45) is 1.21. The molecular formula is C26H27ClF3N3O3S2. The first-order valence-corrected chi connectivity index (χ1v) is 14.6. The standard InChI is InChI=1S/C26H27ClF3N3O3S2/c27-21-7-3-19(4-8-21)25(34)32-16-23-9-10-24(37-23)38(35,36)33-13-11-22(12-14-33)31-15-18-1-5-20(6-2-18)26(29,30)17-28/h1-10,22,31H,11-17H2,(H,32,34). The number of benzene rings is 2. The third kappa shape index (κ3) is 6.95. The summed E-state index contributed by atoms with van der Waals surface area (Å²) in [5.41, 5.74) is 0.890. The number of nitrogens with one attached hydrogen (secondary N) is 2. The fraction of sp³-hybridized carbons (Fsp3) is 0.346. The van der Waals surface area contributed by atoms with Gasteiger partial charge in [0.2, 0.25) is 0 Å². The van der Waals surface area contributed by atoms with Crippen LogP contribution in [0.3, 0.4) is 0 Å². The molecule has 4 rings (SSSR count). The van der Waals surface area contributed by atoms with Gasteiger partial charge in [-0.05, 0) is 54.8 Å². The van der Waals surface area contributed by atoms with Crippen LogP contribution in [0.15, 0.2) is 64.9 Å². The number of alkyl halides is 3. The first-order chi connectivity index (χ1) is 18.1. The maximum absolute atomic E-state index is 13.4. The Morgan fingerprint density at radius 2 is 1.66 bits per heavy atom. The molecule has 2 heterocycles. The minimum atomic E-state index is -3.65. The van der Waals surface area contributed by atoms with Crippen molar-refractivity contribution >= 4 is 38.9 Å². The van der Waals surface area contributed by atoms with Crippen molar-refractivity contribution in [1.29, 1.82) is 0 Å². The Balaban J connectivity index is 1.25. The number of piperidine rings is 1. The molecule has 0 atom stereocenters. The van der Waals surface area contributed by atoms with Crippen molar-refractivity contribution in [3.05, 3.63) is 87.3 Å². The van der Waals surface area contributed by atoms with E-state index in [1.807, 2.05) is 0 Å². The third-order valence-corrected chi connectivity index (χ3v) is 10.1. The fourth-order valence-electron chi connectivity index (χ4n) is 4.10. The highest BCUT2D eigenvalue weighted by Crippen LogP contribution is 2.29. The van der Waals surface area contributed by atoms with Gasteiger partial charge in [0.05, 0.1) is 6.54 Å². The predicted molar refractivity (Wildman–Crippen MR) is 142 cm³/mol. The highest BCUT2D eigenvalue weighted by atomic mass is 35.5. The highest BCUT2D eigenvalue weighted by Gasteiger charge is 2.32. The minimum Gasteiger partial charge on any atom is -0.347 e. The van der Waals surface area contributed by atoms with E-state index >= 15 is 0 Å². The molecule has 0 spiro atoms. The molecule has 204 valence electrons. The van der Waals surface area contributed by atoms with Crippen LogP contribution in [0.4, 0.5) is 13.2 Å². The molecule has 2 N–H and O–H groups in total. The Bertz CT molecular complexity index is 1340. The Morgan fingerprint density at radius 1 is 1.00 bits per heavy atom. The Hall–Kier alpha value is -2.44. The number of carbonyl (C=O) groups excluding carboxylic acids is 1. The lowest BCUT2D eigenvalue weighted by molar-refractivity contribution is -0.0281. The van der Waals surface area contributed by atoms with Crippen molar-refractivity contribution < 1.29 is 26.4 Å². The molecular weight excluding hydrogens is 559 g/mol. The molecule has 0 unspecified atom stereocenters. The van der Waals surface area contributed by atoms with E-state index < -0.39 is 22.6 Å². The van der Waals surface area contributed by atoms with Gasteiger partial charge in [-0.2, -0.15) is 13.1 Å². The molecule has 3 aromatic rings. The Morgan fingerprint density at radius 3 is 2.29 bits per heavy atom. The van der Waals surface area contributed by atoms with Gasteiger partial charge in [-0.3, -0.25) is 4.79 Å². The first kappa shape index (κ1) is 28.6. The number of nitrogens with zero attached hydrogens (tertiary/aromatic N) is 1. The van der Waals surface area contributed by atoms with Crippen molar-refractivity contribution in [2.75, 3.05) is 19.8 Å². The van der Waals surface area contributed by atoms with Crippen molar-refractivity contribution in [3.63, 3.8) is 0 Å². The van der Waals surface area contributed by atoms with Crippen LogP contribution in [0.25, 0.3) is 0 Å².